The number of nitrogens with zero attached hydrogens (tertiary/aromatic N) is 4. The van der Waals surface area contributed by atoms with E-state index in [-0.39, 0.29) is 0 Å². The van der Waals surface area contributed by atoms with Crippen LogP contribution in [0.5, 0.6) is 0 Å². The molecule has 0 amide bonds. The van der Waals surface area contributed by atoms with E-state index in [2.05, 4.69) is 20.0 Å². The van der Waals surface area contributed by atoms with Gasteiger partial charge < -0.3 is 10.0 Å². The van der Waals surface area contributed by atoms with Gasteiger partial charge in [0.25, 0.3) is 0 Å². The van der Waals surface area contributed by atoms with E-state index in [9.17, 15) is 5.11 Å². The van der Waals surface area contributed by atoms with E-state index in [0.29, 0.717) is 0 Å². The first-order chi connectivity index (χ1) is 8.04. The number of aliphatic hydroxyl groups is 1. The minimum absolute atomic E-state index is 0.616. The van der Waals surface area contributed by atoms with Gasteiger partial charge in [-0.15, -0.1) is 5.10 Å². The van der Waals surface area contributed by atoms with Crippen LogP contribution in [0.4, 0.5) is 5.82 Å². The quantitative estimate of drug-likeness (QED) is 0.821. The van der Waals surface area contributed by atoms with Gasteiger partial charge in [0.2, 0.25) is 0 Å². The van der Waals surface area contributed by atoms with Crippen molar-refractivity contribution in [3.63, 3.8) is 0 Å². The Hall–Kier alpha value is -1.20. The summed E-state index contributed by atoms with van der Waals surface area (Å²) in [6.07, 6.45) is 1.69. The molecule has 1 aromatic heterocycles. The monoisotopic (exact) mass is 236 g/mol. The van der Waals surface area contributed by atoms with Gasteiger partial charge in [-0.25, -0.2) is 0 Å². The molecule has 0 unspecified atom stereocenters. The molecule has 17 heavy (non-hydrogen) atoms. The summed E-state index contributed by atoms with van der Waals surface area (Å²) in [5, 5.41) is 17.8. The van der Waals surface area contributed by atoms with Gasteiger partial charge in [0.05, 0.1) is 5.60 Å². The molecule has 5 heteroatoms. The third-order valence-electron chi connectivity index (χ3n) is 2.87. The van der Waals surface area contributed by atoms with E-state index in [4.69, 9.17) is 0 Å². The van der Waals surface area contributed by atoms with Crippen molar-refractivity contribution in [1.29, 1.82) is 0 Å². The Morgan fingerprint density at radius 2 is 2.00 bits per heavy atom. The van der Waals surface area contributed by atoms with E-state index in [1.807, 2.05) is 26.0 Å². The average Bonchev–Trinajstić information content (AvgIpc) is 2.29. The van der Waals surface area contributed by atoms with Gasteiger partial charge in [0.1, 0.15) is 0 Å². The number of β-amino-alcohol motifs (C(OH)–C–C–N with tert-alkyl or cyclic N) is 1. The van der Waals surface area contributed by atoms with Gasteiger partial charge in [-0.3, -0.25) is 4.90 Å². The van der Waals surface area contributed by atoms with Crippen molar-refractivity contribution in [3.05, 3.63) is 18.3 Å². The van der Waals surface area contributed by atoms with E-state index >= 15 is 0 Å². The molecule has 0 aromatic carbocycles. The molecule has 1 aliphatic rings. The Bertz CT molecular complexity index is 341. The van der Waals surface area contributed by atoms with Gasteiger partial charge in [-0.1, -0.05) is 0 Å². The number of hydrogen-bond donors (Lipinski definition) is 1. The summed E-state index contributed by atoms with van der Waals surface area (Å²) in [5.74, 6) is 0.940. The lowest BCUT2D eigenvalue weighted by molar-refractivity contribution is 0.0344. The minimum Gasteiger partial charge on any atom is -0.389 e. The van der Waals surface area contributed by atoms with Crippen LogP contribution in [-0.4, -0.2) is 58.5 Å². The predicted octanol–water partition coefficient (Wildman–Crippen LogP) is 0.369. The van der Waals surface area contributed by atoms with Crippen molar-refractivity contribution < 1.29 is 5.11 Å². The van der Waals surface area contributed by atoms with Crippen LogP contribution in [-0.2, 0) is 0 Å². The van der Waals surface area contributed by atoms with Gasteiger partial charge >= 0.3 is 0 Å². The van der Waals surface area contributed by atoms with Crippen LogP contribution in [0, 0.1) is 0 Å². The van der Waals surface area contributed by atoms with Gasteiger partial charge in [-0.2, -0.15) is 5.10 Å². The zero-order valence-corrected chi connectivity index (χ0v) is 10.5. The fourth-order valence-electron chi connectivity index (χ4n) is 2.14. The van der Waals surface area contributed by atoms with Gasteiger partial charge in [0, 0.05) is 38.9 Å². The predicted molar refractivity (Wildman–Crippen MR) is 67.0 cm³/mol. The third kappa shape index (κ3) is 3.64. The van der Waals surface area contributed by atoms with E-state index < -0.39 is 5.60 Å². The lowest BCUT2D eigenvalue weighted by atomic mass is 10.1. The summed E-state index contributed by atoms with van der Waals surface area (Å²) in [7, 11) is 0. The molecule has 0 radical (unpaired) electrons. The molecule has 0 atom stereocenters. The van der Waals surface area contributed by atoms with Crippen LogP contribution in [0.15, 0.2) is 18.3 Å². The topological polar surface area (TPSA) is 52.5 Å². The van der Waals surface area contributed by atoms with Crippen molar-refractivity contribution in [2.75, 3.05) is 37.6 Å². The molecule has 0 saturated carbocycles. The number of aromatic nitrogens is 2. The number of rotatable bonds is 3. The van der Waals surface area contributed by atoms with Crippen LogP contribution < -0.4 is 4.90 Å². The smallest absolute Gasteiger partial charge is 0.151 e. The first-order valence-corrected chi connectivity index (χ1v) is 6.02. The maximum Gasteiger partial charge on any atom is 0.151 e. The largest absolute Gasteiger partial charge is 0.389 e. The number of anilines is 1. The summed E-state index contributed by atoms with van der Waals surface area (Å²) in [4.78, 5) is 4.51. The SMILES string of the molecule is CC(C)(O)CN1CCN(c2cccnn2)CC1. The molecule has 94 valence electrons. The van der Waals surface area contributed by atoms with Gasteiger partial charge in [0.15, 0.2) is 5.82 Å². The first-order valence-electron chi connectivity index (χ1n) is 6.02. The molecule has 1 N–H and O–H groups in total. The number of hydrogen-bond acceptors (Lipinski definition) is 5. The molecule has 0 aliphatic carbocycles. The Morgan fingerprint density at radius 1 is 1.29 bits per heavy atom. The Labute approximate surface area is 102 Å². The summed E-state index contributed by atoms with van der Waals surface area (Å²) < 4.78 is 0. The van der Waals surface area contributed by atoms with Crippen LogP contribution in [0.25, 0.3) is 0 Å². The third-order valence-corrected chi connectivity index (χ3v) is 2.87. The van der Waals surface area contributed by atoms with Crippen molar-refractivity contribution in [3.8, 4) is 0 Å². The maximum absolute atomic E-state index is 9.78. The zero-order valence-electron chi connectivity index (χ0n) is 10.5. The Balaban J connectivity index is 1.86. The summed E-state index contributed by atoms with van der Waals surface area (Å²) in [5.41, 5.74) is -0.616. The molecular formula is C12H20N4O. The molecule has 1 saturated heterocycles. The minimum atomic E-state index is -0.616. The second kappa shape index (κ2) is 4.98. The van der Waals surface area contributed by atoms with Crippen molar-refractivity contribution in [1.82, 2.24) is 15.1 Å². The second-order valence-electron chi connectivity index (χ2n) is 5.16. The van der Waals surface area contributed by atoms with Crippen LogP contribution in [0.3, 0.4) is 0 Å². The lowest BCUT2D eigenvalue weighted by Gasteiger charge is -2.37. The van der Waals surface area contributed by atoms with Crippen molar-refractivity contribution in [2.45, 2.75) is 19.4 Å². The second-order valence-corrected chi connectivity index (χ2v) is 5.16. The van der Waals surface area contributed by atoms with Crippen LogP contribution in [0.1, 0.15) is 13.8 Å². The van der Waals surface area contributed by atoms with E-state index in [1.165, 1.54) is 0 Å². The summed E-state index contributed by atoms with van der Waals surface area (Å²) in [6, 6.07) is 3.89. The summed E-state index contributed by atoms with van der Waals surface area (Å²) in [6.45, 7) is 8.22. The molecular weight excluding hydrogens is 216 g/mol. The zero-order chi connectivity index (χ0) is 12.3. The fraction of sp³-hybridized carbons (Fsp3) is 0.667. The van der Waals surface area contributed by atoms with Gasteiger partial charge in [-0.05, 0) is 26.0 Å². The Kier molecular flexibility index (Phi) is 3.59. The lowest BCUT2D eigenvalue weighted by Crippen LogP contribution is -2.50. The molecule has 1 aromatic rings. The van der Waals surface area contributed by atoms with Crippen LogP contribution >= 0.6 is 0 Å². The summed E-state index contributed by atoms with van der Waals surface area (Å²) >= 11 is 0. The van der Waals surface area contributed by atoms with Crippen LogP contribution in [0.2, 0.25) is 0 Å². The fourth-order valence-corrected chi connectivity index (χ4v) is 2.14. The molecule has 1 fully saturated rings. The maximum atomic E-state index is 9.78. The number of piperazine rings is 1. The average molecular weight is 236 g/mol. The molecule has 5 nitrogen and oxygen atoms in total. The highest BCUT2D eigenvalue weighted by molar-refractivity contribution is 5.36. The standard InChI is InChI=1S/C12H20N4O/c1-12(2,17)10-15-6-8-16(9-7-15)11-4-3-5-13-14-11/h3-5,17H,6-10H2,1-2H3. The molecule has 0 spiro atoms. The normalized spacial score (nSPS) is 18.4. The highest BCUT2D eigenvalue weighted by Crippen LogP contribution is 2.13. The molecule has 2 rings (SSSR count). The highest BCUT2D eigenvalue weighted by Gasteiger charge is 2.23. The molecule has 1 aliphatic heterocycles. The van der Waals surface area contributed by atoms with E-state index in [0.717, 1.165) is 38.5 Å². The Morgan fingerprint density at radius 3 is 2.53 bits per heavy atom. The molecule has 2 heterocycles. The van der Waals surface area contributed by atoms with E-state index in [1.54, 1.807) is 6.20 Å². The molecule has 0 bridgehead atoms. The van der Waals surface area contributed by atoms with Crippen molar-refractivity contribution in [2.24, 2.45) is 0 Å². The first kappa shape index (κ1) is 12.3. The highest BCUT2D eigenvalue weighted by atomic mass is 16.3. The van der Waals surface area contributed by atoms with Crippen molar-refractivity contribution >= 4 is 5.82 Å².